The normalized spacial score (nSPS) is 35.6. The van der Waals surface area contributed by atoms with Crippen molar-refractivity contribution in [2.75, 3.05) is 6.61 Å². The first-order valence-corrected chi connectivity index (χ1v) is 15.1. The van der Waals surface area contributed by atoms with Gasteiger partial charge in [-0.2, -0.15) is 0 Å². The number of fused-ring (bicyclic) bond motifs is 1. The third-order valence-corrected chi connectivity index (χ3v) is 16.4. The fourth-order valence-corrected chi connectivity index (χ4v) is 10.2. The van der Waals surface area contributed by atoms with Crippen LogP contribution in [0.5, 0.6) is 0 Å². The van der Waals surface area contributed by atoms with Crippen molar-refractivity contribution in [1.82, 2.24) is 0 Å². The lowest BCUT2D eigenvalue weighted by Crippen LogP contribution is -2.47. The molecule has 5 nitrogen and oxygen atoms in total. The van der Waals surface area contributed by atoms with Gasteiger partial charge in [-0.3, -0.25) is 0 Å². The minimum absolute atomic E-state index is 0.108. The summed E-state index contributed by atoms with van der Waals surface area (Å²) in [4.78, 5) is 0.232. The summed E-state index contributed by atoms with van der Waals surface area (Å²) in [5.41, 5.74) is 0. The second kappa shape index (κ2) is 6.75. The van der Waals surface area contributed by atoms with E-state index < -0.39 is 32.1 Å². The minimum atomic E-state index is -3.75. The molecule has 1 saturated carbocycles. The third-order valence-electron chi connectivity index (χ3n) is 6.85. The zero-order chi connectivity index (χ0) is 21.2. The quantitative estimate of drug-likeness (QED) is 0.332. The topological polar surface area (TPSA) is 72.8 Å². The van der Waals surface area contributed by atoms with E-state index >= 15 is 0 Å². The average Bonchev–Trinajstić information content (AvgIpc) is 3.19. The molecule has 0 aromatic heterocycles. The van der Waals surface area contributed by atoms with E-state index in [-0.39, 0.29) is 16.0 Å². The molecule has 1 saturated heterocycles. The van der Waals surface area contributed by atoms with Crippen LogP contribution in [0.2, 0.25) is 18.1 Å². The van der Waals surface area contributed by atoms with Gasteiger partial charge in [0.05, 0.1) is 14.4 Å². The van der Waals surface area contributed by atoms with Crippen molar-refractivity contribution in [2.24, 2.45) is 0 Å². The molecule has 1 aliphatic heterocycles. The summed E-state index contributed by atoms with van der Waals surface area (Å²) in [6.45, 7) is 12.9. The maximum atomic E-state index is 13.5. The number of ether oxygens (including phenoxy) is 1. The van der Waals surface area contributed by atoms with E-state index in [1.807, 2.05) is 0 Å². The molecule has 1 heterocycles. The van der Waals surface area contributed by atoms with E-state index in [1.54, 1.807) is 30.3 Å². The largest absolute Gasteiger partial charge is 0.417 e. The molecule has 0 bridgehead atoms. The molecule has 8 heteroatoms. The number of hydrogen-bond donors (Lipinski definition) is 1. The summed E-state index contributed by atoms with van der Waals surface area (Å²) in [5.74, 6) is -1.73. The van der Waals surface area contributed by atoms with Crippen molar-refractivity contribution in [3.05, 3.63) is 30.3 Å². The van der Waals surface area contributed by atoms with Gasteiger partial charge in [0.25, 0.3) is 0 Å². The van der Waals surface area contributed by atoms with Crippen LogP contribution in [0.1, 0.15) is 40.5 Å². The first-order valence-electron chi connectivity index (χ1n) is 9.65. The molecular weight excluding hydrogens is 507 g/mol. The standard InChI is InChI=1S/C20H31IO5SSi/c1-17(2,3)28(5,6)25-13-12-16-19(21)14-20(19,18(4,22)26-16)27(23,24)15-10-8-7-9-11-15/h7-11,16,22H,12-14H2,1-6H3/t16-,18+,19-,20+/m0/s1. The highest BCUT2D eigenvalue weighted by Gasteiger charge is 2.88. The fourth-order valence-electron chi connectivity index (χ4n) is 4.00. The van der Waals surface area contributed by atoms with Crippen LogP contribution in [-0.4, -0.2) is 48.5 Å². The summed E-state index contributed by atoms with van der Waals surface area (Å²) in [6.07, 6.45) is 0.582. The Morgan fingerprint density at radius 3 is 2.36 bits per heavy atom. The second-order valence-corrected chi connectivity index (χ2v) is 18.6. The molecule has 0 radical (unpaired) electrons. The van der Waals surface area contributed by atoms with Gasteiger partial charge < -0.3 is 14.3 Å². The Bertz CT molecular complexity index is 849. The third kappa shape index (κ3) is 3.13. The monoisotopic (exact) mass is 538 g/mol. The van der Waals surface area contributed by atoms with Crippen LogP contribution in [0.4, 0.5) is 0 Å². The first kappa shape index (κ1) is 22.7. The number of sulfone groups is 1. The maximum absolute atomic E-state index is 13.5. The van der Waals surface area contributed by atoms with Crippen LogP contribution in [0.15, 0.2) is 35.2 Å². The zero-order valence-electron chi connectivity index (χ0n) is 17.5. The van der Waals surface area contributed by atoms with Crippen LogP contribution in [-0.2, 0) is 19.0 Å². The van der Waals surface area contributed by atoms with E-state index in [1.165, 1.54) is 6.92 Å². The van der Waals surface area contributed by atoms with Gasteiger partial charge in [-0.25, -0.2) is 8.42 Å². The molecule has 0 unspecified atom stereocenters. The highest BCUT2D eigenvalue weighted by molar-refractivity contribution is 14.1. The lowest BCUT2D eigenvalue weighted by molar-refractivity contribution is -0.196. The Kier molecular flexibility index (Phi) is 5.47. The second-order valence-electron chi connectivity index (χ2n) is 9.67. The number of benzene rings is 1. The summed E-state index contributed by atoms with van der Waals surface area (Å²) < 4.78 is 37.1. The average molecular weight is 539 g/mol. The van der Waals surface area contributed by atoms with E-state index in [2.05, 4.69) is 56.5 Å². The molecular formula is C20H31IO5SSi. The maximum Gasteiger partial charge on any atom is 0.191 e. The van der Waals surface area contributed by atoms with Gasteiger partial charge in [0, 0.05) is 6.61 Å². The molecule has 1 N–H and O–H groups in total. The van der Waals surface area contributed by atoms with Crippen molar-refractivity contribution >= 4 is 40.7 Å². The minimum Gasteiger partial charge on any atom is -0.417 e. The zero-order valence-corrected chi connectivity index (χ0v) is 21.4. The van der Waals surface area contributed by atoms with Gasteiger partial charge in [-0.05, 0) is 50.0 Å². The van der Waals surface area contributed by atoms with Crippen molar-refractivity contribution in [2.45, 2.75) is 83.6 Å². The van der Waals surface area contributed by atoms with Gasteiger partial charge in [-0.1, -0.05) is 61.6 Å². The molecule has 28 heavy (non-hydrogen) atoms. The van der Waals surface area contributed by atoms with Crippen LogP contribution < -0.4 is 0 Å². The lowest BCUT2D eigenvalue weighted by Gasteiger charge is -2.36. The van der Waals surface area contributed by atoms with Crippen molar-refractivity contribution < 1.29 is 22.7 Å². The summed E-state index contributed by atoms with van der Waals surface area (Å²) >= 11 is 2.20. The first-order chi connectivity index (χ1) is 12.6. The Labute approximate surface area is 183 Å². The van der Waals surface area contributed by atoms with Crippen molar-refractivity contribution in [1.29, 1.82) is 0 Å². The van der Waals surface area contributed by atoms with E-state index in [0.717, 1.165) is 0 Å². The van der Waals surface area contributed by atoms with Crippen LogP contribution in [0, 0.1) is 0 Å². The molecule has 1 aliphatic carbocycles. The predicted molar refractivity (Wildman–Crippen MR) is 121 cm³/mol. The number of aliphatic hydroxyl groups is 1. The van der Waals surface area contributed by atoms with Crippen molar-refractivity contribution in [3.8, 4) is 0 Å². The fraction of sp³-hybridized carbons (Fsp3) is 0.700. The molecule has 3 rings (SSSR count). The predicted octanol–water partition coefficient (Wildman–Crippen LogP) is 4.30. The number of hydrogen-bond acceptors (Lipinski definition) is 5. The Hall–Kier alpha value is -0.00312. The highest BCUT2D eigenvalue weighted by Crippen LogP contribution is 2.73. The number of alkyl halides is 1. The van der Waals surface area contributed by atoms with E-state index in [9.17, 15) is 13.5 Å². The Balaban J connectivity index is 1.81. The highest BCUT2D eigenvalue weighted by atomic mass is 127. The van der Waals surface area contributed by atoms with Crippen molar-refractivity contribution in [3.63, 3.8) is 0 Å². The smallest absolute Gasteiger partial charge is 0.191 e. The molecule has 1 aromatic carbocycles. The van der Waals surface area contributed by atoms with Crippen LogP contribution in [0.25, 0.3) is 0 Å². The van der Waals surface area contributed by atoms with Gasteiger partial charge in [0.1, 0.15) is 4.75 Å². The van der Waals surface area contributed by atoms with Gasteiger partial charge in [0.15, 0.2) is 23.9 Å². The molecule has 0 spiro atoms. The van der Waals surface area contributed by atoms with Gasteiger partial charge in [0.2, 0.25) is 0 Å². The number of halogens is 1. The van der Waals surface area contributed by atoms with Crippen LogP contribution >= 0.6 is 22.6 Å². The molecule has 0 amide bonds. The van der Waals surface area contributed by atoms with E-state index in [4.69, 9.17) is 9.16 Å². The SMILES string of the molecule is CC(C)(C)[Si](C)(C)OCC[C@@H]1O[C@@](C)(O)[C@]2(S(=O)(=O)c3ccccc3)C[C@]12I. The summed E-state index contributed by atoms with van der Waals surface area (Å²) in [5, 5.41) is 11.1. The molecule has 2 aliphatic rings. The molecule has 2 fully saturated rings. The summed E-state index contributed by atoms with van der Waals surface area (Å²) in [6, 6.07) is 8.36. The van der Waals surface area contributed by atoms with Gasteiger partial charge in [-0.15, -0.1) is 0 Å². The Morgan fingerprint density at radius 1 is 1.29 bits per heavy atom. The Morgan fingerprint density at radius 2 is 1.86 bits per heavy atom. The molecule has 158 valence electrons. The molecule has 1 aromatic rings. The number of rotatable bonds is 6. The van der Waals surface area contributed by atoms with E-state index in [0.29, 0.717) is 19.4 Å². The molecule has 4 atom stereocenters. The van der Waals surface area contributed by atoms with Gasteiger partial charge >= 0.3 is 0 Å². The summed E-state index contributed by atoms with van der Waals surface area (Å²) in [7, 11) is -5.65. The lowest BCUT2D eigenvalue weighted by atomic mass is 10.1. The van der Waals surface area contributed by atoms with Crippen LogP contribution in [0.3, 0.4) is 0 Å².